The van der Waals surface area contributed by atoms with Gasteiger partial charge in [-0.05, 0) is 49.1 Å². The second kappa shape index (κ2) is 8.71. The number of aliphatic hydroxyl groups excluding tert-OH is 1. The molecule has 0 aliphatic carbocycles. The number of carboxylic acid groups (broad SMARTS) is 1. The SMILES string of the molecule is C=CCN(C(=O)C1N([C@H](C)CO)C(=O)[C@@H]2[C@@H](C(=O)O)[C@@]3(CC)CCC12O3)c1ccc2ccccc2c1. The average Bonchev–Trinajstić information content (AvgIpc) is 3.49. The predicted octanol–water partition coefficient (Wildman–Crippen LogP) is 2.98. The molecule has 36 heavy (non-hydrogen) atoms. The van der Waals surface area contributed by atoms with Crippen molar-refractivity contribution in [3.8, 4) is 0 Å². The van der Waals surface area contributed by atoms with E-state index in [-0.39, 0.29) is 19.1 Å². The number of amides is 2. The molecule has 0 aromatic heterocycles. The lowest BCUT2D eigenvalue weighted by molar-refractivity contribution is -0.157. The number of carbonyl (C=O) groups excluding carboxylic acids is 2. The van der Waals surface area contributed by atoms with E-state index >= 15 is 0 Å². The van der Waals surface area contributed by atoms with Gasteiger partial charge in [-0.1, -0.05) is 43.3 Å². The molecule has 3 aliphatic rings. The minimum atomic E-state index is -1.26. The van der Waals surface area contributed by atoms with Crippen molar-refractivity contribution in [2.75, 3.05) is 18.1 Å². The number of rotatable bonds is 8. The molecule has 2 aromatic rings. The number of benzene rings is 2. The van der Waals surface area contributed by atoms with Crippen molar-refractivity contribution in [2.45, 2.75) is 56.4 Å². The Labute approximate surface area is 210 Å². The highest BCUT2D eigenvalue weighted by Crippen LogP contribution is 2.64. The molecule has 0 radical (unpaired) electrons. The second-order valence-electron chi connectivity index (χ2n) is 10.2. The number of anilines is 1. The van der Waals surface area contributed by atoms with Crippen LogP contribution in [0.4, 0.5) is 5.69 Å². The van der Waals surface area contributed by atoms with Crippen molar-refractivity contribution in [1.82, 2.24) is 4.90 Å². The smallest absolute Gasteiger partial charge is 0.310 e. The maximum atomic E-state index is 14.4. The fourth-order valence-electron chi connectivity index (χ4n) is 6.82. The summed E-state index contributed by atoms with van der Waals surface area (Å²) in [6, 6.07) is 11.8. The Morgan fingerprint density at radius 2 is 1.97 bits per heavy atom. The number of hydrogen-bond donors (Lipinski definition) is 2. The molecule has 5 rings (SSSR count). The first-order valence-corrected chi connectivity index (χ1v) is 12.5. The van der Waals surface area contributed by atoms with Gasteiger partial charge in [-0.25, -0.2) is 0 Å². The number of carbonyl (C=O) groups is 3. The number of carboxylic acids is 1. The van der Waals surface area contributed by atoms with Gasteiger partial charge in [0, 0.05) is 12.2 Å². The Bertz CT molecular complexity index is 1250. The molecule has 8 nitrogen and oxygen atoms in total. The van der Waals surface area contributed by atoms with Crippen molar-refractivity contribution < 1.29 is 29.3 Å². The van der Waals surface area contributed by atoms with Crippen LogP contribution in [0, 0.1) is 11.8 Å². The number of hydrogen-bond acceptors (Lipinski definition) is 5. The second-order valence-corrected chi connectivity index (χ2v) is 10.2. The van der Waals surface area contributed by atoms with Crippen LogP contribution >= 0.6 is 0 Å². The molecule has 2 N–H and O–H groups in total. The summed E-state index contributed by atoms with van der Waals surface area (Å²) in [6.45, 7) is 7.21. The van der Waals surface area contributed by atoms with E-state index in [0.29, 0.717) is 24.9 Å². The topological polar surface area (TPSA) is 107 Å². The summed E-state index contributed by atoms with van der Waals surface area (Å²) in [6.07, 6.45) is 2.94. The van der Waals surface area contributed by atoms with Crippen LogP contribution in [-0.4, -0.2) is 69.3 Å². The highest BCUT2D eigenvalue weighted by molar-refractivity contribution is 6.05. The number of nitrogens with zero attached hydrogens (tertiary/aromatic N) is 2. The van der Waals surface area contributed by atoms with Gasteiger partial charge in [-0.3, -0.25) is 14.4 Å². The van der Waals surface area contributed by atoms with Crippen molar-refractivity contribution >= 4 is 34.2 Å². The number of fused-ring (bicyclic) bond motifs is 2. The molecular weight excluding hydrogens is 460 g/mol. The maximum Gasteiger partial charge on any atom is 0.310 e. The minimum Gasteiger partial charge on any atom is -0.481 e. The van der Waals surface area contributed by atoms with E-state index in [9.17, 15) is 24.6 Å². The Morgan fingerprint density at radius 1 is 1.25 bits per heavy atom. The first kappa shape index (κ1) is 24.5. The molecule has 2 amide bonds. The quantitative estimate of drug-likeness (QED) is 0.549. The first-order valence-electron chi connectivity index (χ1n) is 12.5. The van der Waals surface area contributed by atoms with E-state index in [1.165, 1.54) is 4.90 Å². The third kappa shape index (κ3) is 3.24. The number of aliphatic hydroxyl groups is 1. The average molecular weight is 493 g/mol. The molecule has 3 fully saturated rings. The third-order valence-electron chi connectivity index (χ3n) is 8.48. The summed E-state index contributed by atoms with van der Waals surface area (Å²) in [5.74, 6) is -3.90. The Kier molecular flexibility index (Phi) is 5.92. The lowest BCUT2D eigenvalue weighted by Crippen LogP contribution is -2.58. The Hall–Kier alpha value is -3.23. The van der Waals surface area contributed by atoms with Gasteiger partial charge in [0.15, 0.2) is 0 Å². The standard InChI is InChI=1S/C28H32N2O6/c1-4-14-29(20-11-10-18-8-6-7-9-19(18)15-20)25(33)23-28-13-12-27(5-2,36-28)22(26(34)35)21(28)24(32)30(23)17(3)16-31/h4,6-11,15,17,21-23,31H,1,5,12-14,16H2,2-3H3,(H,34,35)/t17-,21+,22+,23?,27-,28?/m1/s1. The largest absolute Gasteiger partial charge is 0.481 e. The highest BCUT2D eigenvalue weighted by atomic mass is 16.5. The summed E-state index contributed by atoms with van der Waals surface area (Å²) < 4.78 is 6.56. The Balaban J connectivity index is 1.63. The lowest BCUT2D eigenvalue weighted by Gasteiger charge is -2.38. The Morgan fingerprint density at radius 3 is 2.61 bits per heavy atom. The van der Waals surface area contributed by atoms with Gasteiger partial charge in [-0.2, -0.15) is 0 Å². The molecule has 8 heteroatoms. The zero-order valence-electron chi connectivity index (χ0n) is 20.6. The van der Waals surface area contributed by atoms with Crippen molar-refractivity contribution in [2.24, 2.45) is 11.8 Å². The lowest BCUT2D eigenvalue weighted by atomic mass is 9.65. The van der Waals surface area contributed by atoms with E-state index in [0.717, 1.165) is 10.8 Å². The van der Waals surface area contributed by atoms with E-state index in [2.05, 4.69) is 6.58 Å². The predicted molar refractivity (Wildman–Crippen MR) is 134 cm³/mol. The normalized spacial score (nSPS) is 31.5. The maximum absolute atomic E-state index is 14.4. The molecule has 3 heterocycles. The van der Waals surface area contributed by atoms with Crippen molar-refractivity contribution in [3.63, 3.8) is 0 Å². The van der Waals surface area contributed by atoms with Gasteiger partial charge >= 0.3 is 5.97 Å². The summed E-state index contributed by atoms with van der Waals surface area (Å²) in [5, 5.41) is 22.2. The molecule has 190 valence electrons. The summed E-state index contributed by atoms with van der Waals surface area (Å²) in [7, 11) is 0. The van der Waals surface area contributed by atoms with Crippen LogP contribution in [0.25, 0.3) is 10.8 Å². The van der Waals surface area contributed by atoms with Crippen LogP contribution in [0.1, 0.15) is 33.1 Å². The fraction of sp³-hybridized carbons (Fsp3) is 0.464. The monoisotopic (exact) mass is 492 g/mol. The minimum absolute atomic E-state index is 0.200. The van der Waals surface area contributed by atoms with Crippen molar-refractivity contribution in [3.05, 3.63) is 55.1 Å². The number of ether oxygens (including phenoxy) is 1. The van der Waals surface area contributed by atoms with Crippen molar-refractivity contribution in [1.29, 1.82) is 0 Å². The van der Waals surface area contributed by atoms with Gasteiger partial charge < -0.3 is 24.7 Å². The van der Waals surface area contributed by atoms with Gasteiger partial charge in [0.1, 0.15) is 17.6 Å². The highest BCUT2D eigenvalue weighted by Gasteiger charge is 2.79. The number of aliphatic carboxylic acids is 1. The zero-order valence-corrected chi connectivity index (χ0v) is 20.6. The van der Waals surface area contributed by atoms with Gasteiger partial charge in [0.25, 0.3) is 5.91 Å². The van der Waals surface area contributed by atoms with E-state index < -0.39 is 47.0 Å². The molecule has 1 spiro atoms. The van der Waals surface area contributed by atoms with Crippen LogP contribution in [-0.2, 0) is 19.1 Å². The fourth-order valence-corrected chi connectivity index (χ4v) is 6.82. The van der Waals surface area contributed by atoms with Crippen LogP contribution in [0.3, 0.4) is 0 Å². The molecule has 3 saturated heterocycles. The van der Waals surface area contributed by atoms with Crippen LogP contribution in [0.2, 0.25) is 0 Å². The molecular formula is C28H32N2O6. The molecule has 2 bridgehead atoms. The molecule has 2 aromatic carbocycles. The first-order chi connectivity index (χ1) is 17.2. The molecule has 0 saturated carbocycles. The van der Waals surface area contributed by atoms with Crippen LogP contribution < -0.4 is 4.90 Å². The third-order valence-corrected chi connectivity index (χ3v) is 8.48. The van der Waals surface area contributed by atoms with Crippen LogP contribution in [0.5, 0.6) is 0 Å². The molecule has 6 atom stereocenters. The molecule has 2 unspecified atom stereocenters. The van der Waals surface area contributed by atoms with Gasteiger partial charge in [-0.15, -0.1) is 6.58 Å². The van der Waals surface area contributed by atoms with Gasteiger partial charge in [0.05, 0.1) is 24.2 Å². The summed E-state index contributed by atoms with van der Waals surface area (Å²) in [4.78, 5) is 43.6. The zero-order chi connectivity index (χ0) is 25.8. The molecule has 3 aliphatic heterocycles. The van der Waals surface area contributed by atoms with Gasteiger partial charge in [0.2, 0.25) is 5.91 Å². The van der Waals surface area contributed by atoms with E-state index in [1.807, 2.05) is 49.4 Å². The van der Waals surface area contributed by atoms with E-state index in [4.69, 9.17) is 4.74 Å². The summed E-state index contributed by atoms with van der Waals surface area (Å²) in [5.41, 5.74) is -1.59. The number of likely N-dealkylation sites (tertiary alicyclic amines) is 1. The van der Waals surface area contributed by atoms with Crippen LogP contribution in [0.15, 0.2) is 55.1 Å². The summed E-state index contributed by atoms with van der Waals surface area (Å²) >= 11 is 0. The van der Waals surface area contributed by atoms with E-state index in [1.54, 1.807) is 17.9 Å².